The molecule has 0 unspecified atom stereocenters. The third-order valence-electron chi connectivity index (χ3n) is 2.18. The van der Waals surface area contributed by atoms with Crippen LogP contribution in [0.4, 0.5) is 5.69 Å². The molecule has 1 aromatic rings. The van der Waals surface area contributed by atoms with Crippen molar-refractivity contribution in [2.75, 3.05) is 6.26 Å². The number of hydrogen-bond donors (Lipinski definition) is 0. The van der Waals surface area contributed by atoms with Crippen LogP contribution in [0.25, 0.3) is 0 Å². The Morgan fingerprint density at radius 2 is 2.27 bits per heavy atom. The maximum absolute atomic E-state index is 10.9. The van der Waals surface area contributed by atoms with Gasteiger partial charge < -0.3 is 4.74 Å². The molecular formula is C10H11NO3S. The molecule has 1 aliphatic carbocycles. The van der Waals surface area contributed by atoms with Crippen LogP contribution in [0.5, 0.6) is 5.75 Å². The molecule has 0 spiro atoms. The Balaban J connectivity index is 2.37. The van der Waals surface area contributed by atoms with E-state index in [-0.39, 0.29) is 16.7 Å². The van der Waals surface area contributed by atoms with Crippen LogP contribution in [-0.4, -0.2) is 17.3 Å². The molecule has 1 aliphatic rings. The van der Waals surface area contributed by atoms with E-state index in [1.807, 2.05) is 6.26 Å². The lowest BCUT2D eigenvalue weighted by molar-refractivity contribution is -0.388. The third-order valence-corrected chi connectivity index (χ3v) is 2.95. The Morgan fingerprint density at radius 1 is 1.53 bits per heavy atom. The maximum atomic E-state index is 10.9. The van der Waals surface area contributed by atoms with Gasteiger partial charge in [-0.3, -0.25) is 10.1 Å². The van der Waals surface area contributed by atoms with Gasteiger partial charge >= 0.3 is 5.69 Å². The summed E-state index contributed by atoms with van der Waals surface area (Å²) in [5.41, 5.74) is 0.0944. The number of ether oxygens (including phenoxy) is 1. The summed E-state index contributed by atoms with van der Waals surface area (Å²) >= 11 is 1.36. The number of benzene rings is 1. The van der Waals surface area contributed by atoms with Crippen molar-refractivity contribution in [3.05, 3.63) is 28.3 Å². The molecule has 0 aromatic heterocycles. The molecule has 0 amide bonds. The van der Waals surface area contributed by atoms with Gasteiger partial charge in [-0.15, -0.1) is 11.8 Å². The summed E-state index contributed by atoms with van der Waals surface area (Å²) in [6.45, 7) is 0. The molecule has 15 heavy (non-hydrogen) atoms. The van der Waals surface area contributed by atoms with Crippen molar-refractivity contribution in [2.45, 2.75) is 23.8 Å². The fourth-order valence-corrected chi connectivity index (χ4v) is 1.89. The van der Waals surface area contributed by atoms with Crippen LogP contribution < -0.4 is 4.74 Å². The predicted molar refractivity (Wildman–Crippen MR) is 58.5 cm³/mol. The monoisotopic (exact) mass is 225 g/mol. The van der Waals surface area contributed by atoms with Crippen molar-refractivity contribution >= 4 is 17.4 Å². The van der Waals surface area contributed by atoms with Gasteiger partial charge in [0.25, 0.3) is 0 Å². The summed E-state index contributed by atoms with van der Waals surface area (Å²) in [4.78, 5) is 11.2. The fraction of sp³-hybridized carbons (Fsp3) is 0.400. The van der Waals surface area contributed by atoms with Crippen LogP contribution in [0.2, 0.25) is 0 Å². The standard InChI is InChI=1S/C10H11NO3S/c1-15-9-4-2-3-8(10(9)11(12)13)14-7-5-6-7/h2-4,7H,5-6H2,1H3. The first-order valence-corrected chi connectivity index (χ1v) is 5.93. The molecule has 4 nitrogen and oxygen atoms in total. The van der Waals surface area contributed by atoms with E-state index in [0.717, 1.165) is 12.8 Å². The molecule has 1 aromatic carbocycles. The van der Waals surface area contributed by atoms with Gasteiger partial charge in [-0.2, -0.15) is 0 Å². The molecule has 0 saturated heterocycles. The number of hydrogen-bond acceptors (Lipinski definition) is 4. The molecule has 0 aliphatic heterocycles. The zero-order valence-corrected chi connectivity index (χ0v) is 9.12. The average Bonchev–Trinajstić information content (AvgIpc) is 3.01. The summed E-state index contributed by atoms with van der Waals surface area (Å²) in [6, 6.07) is 5.19. The number of nitro benzene ring substituents is 1. The molecule has 5 heteroatoms. The number of nitro groups is 1. The molecule has 0 atom stereocenters. The molecule has 80 valence electrons. The highest BCUT2D eigenvalue weighted by Gasteiger charge is 2.28. The van der Waals surface area contributed by atoms with Gasteiger partial charge in [0.15, 0.2) is 5.75 Å². The highest BCUT2D eigenvalue weighted by atomic mass is 32.2. The lowest BCUT2D eigenvalue weighted by Crippen LogP contribution is -2.01. The highest BCUT2D eigenvalue weighted by Crippen LogP contribution is 2.38. The van der Waals surface area contributed by atoms with Gasteiger partial charge in [0, 0.05) is 0 Å². The Labute approximate surface area is 91.8 Å². The summed E-state index contributed by atoms with van der Waals surface area (Å²) in [5.74, 6) is 0.398. The second kappa shape index (κ2) is 4.10. The summed E-state index contributed by atoms with van der Waals surface area (Å²) < 4.78 is 5.51. The lowest BCUT2D eigenvalue weighted by Gasteiger charge is -2.07. The molecule has 1 fully saturated rings. The highest BCUT2D eigenvalue weighted by molar-refractivity contribution is 7.98. The number of nitrogens with zero attached hydrogens (tertiary/aromatic N) is 1. The van der Waals surface area contributed by atoms with Crippen LogP contribution in [0.1, 0.15) is 12.8 Å². The third kappa shape index (κ3) is 2.23. The normalized spacial score (nSPS) is 15.0. The van der Waals surface area contributed by atoms with Gasteiger partial charge in [0.05, 0.1) is 15.9 Å². The molecule has 0 heterocycles. The Hall–Kier alpha value is -1.23. The Morgan fingerprint density at radius 3 is 2.80 bits per heavy atom. The van der Waals surface area contributed by atoms with E-state index >= 15 is 0 Å². The first-order chi connectivity index (χ1) is 7.22. The maximum Gasteiger partial charge on any atom is 0.324 e. The second-order valence-corrected chi connectivity index (χ2v) is 4.23. The van der Waals surface area contributed by atoms with Crippen molar-refractivity contribution in [3.8, 4) is 5.75 Å². The van der Waals surface area contributed by atoms with Crippen LogP contribution in [0, 0.1) is 10.1 Å². The van der Waals surface area contributed by atoms with Crippen molar-refractivity contribution in [2.24, 2.45) is 0 Å². The molecule has 2 rings (SSSR count). The summed E-state index contributed by atoms with van der Waals surface area (Å²) in [5, 5.41) is 10.9. The number of thioether (sulfide) groups is 1. The minimum Gasteiger partial charge on any atom is -0.483 e. The van der Waals surface area contributed by atoms with E-state index < -0.39 is 0 Å². The lowest BCUT2D eigenvalue weighted by atomic mass is 10.3. The zero-order valence-electron chi connectivity index (χ0n) is 8.30. The smallest absolute Gasteiger partial charge is 0.324 e. The van der Waals surface area contributed by atoms with Gasteiger partial charge in [0.1, 0.15) is 0 Å². The van der Waals surface area contributed by atoms with Crippen LogP contribution >= 0.6 is 11.8 Å². The molecule has 0 radical (unpaired) electrons. The minimum absolute atomic E-state index is 0.0944. The average molecular weight is 225 g/mol. The minimum atomic E-state index is -0.371. The van der Waals surface area contributed by atoms with E-state index in [4.69, 9.17) is 4.74 Å². The van der Waals surface area contributed by atoms with E-state index in [9.17, 15) is 10.1 Å². The van der Waals surface area contributed by atoms with Crippen LogP contribution in [0.15, 0.2) is 23.1 Å². The molecule has 0 N–H and O–H groups in total. The Kier molecular flexibility index (Phi) is 2.81. The molecule has 0 bridgehead atoms. The number of rotatable bonds is 4. The van der Waals surface area contributed by atoms with E-state index in [1.54, 1.807) is 18.2 Å². The van der Waals surface area contributed by atoms with Gasteiger partial charge in [-0.25, -0.2) is 0 Å². The van der Waals surface area contributed by atoms with Crippen LogP contribution in [-0.2, 0) is 0 Å². The van der Waals surface area contributed by atoms with Crippen LogP contribution in [0.3, 0.4) is 0 Å². The van der Waals surface area contributed by atoms with E-state index in [2.05, 4.69) is 0 Å². The Bertz CT molecular complexity index is 390. The van der Waals surface area contributed by atoms with Crippen molar-refractivity contribution in [1.82, 2.24) is 0 Å². The molecule has 1 saturated carbocycles. The number of para-hydroxylation sites is 1. The SMILES string of the molecule is CSc1cccc(OC2CC2)c1[N+](=O)[O-]. The quantitative estimate of drug-likeness (QED) is 0.449. The van der Waals surface area contributed by atoms with Crippen molar-refractivity contribution in [3.63, 3.8) is 0 Å². The second-order valence-electron chi connectivity index (χ2n) is 3.38. The molecular weight excluding hydrogens is 214 g/mol. The predicted octanol–water partition coefficient (Wildman–Crippen LogP) is 2.86. The summed E-state index contributed by atoms with van der Waals surface area (Å²) in [7, 11) is 0. The van der Waals surface area contributed by atoms with Crippen molar-refractivity contribution in [1.29, 1.82) is 0 Å². The largest absolute Gasteiger partial charge is 0.483 e. The van der Waals surface area contributed by atoms with Crippen molar-refractivity contribution < 1.29 is 9.66 Å². The summed E-state index contributed by atoms with van der Waals surface area (Å²) in [6.07, 6.45) is 4.01. The topological polar surface area (TPSA) is 52.4 Å². The first-order valence-electron chi connectivity index (χ1n) is 4.70. The van der Waals surface area contributed by atoms with Gasteiger partial charge in [-0.05, 0) is 31.2 Å². The first kappa shape index (κ1) is 10.3. The van der Waals surface area contributed by atoms with E-state index in [0.29, 0.717) is 10.6 Å². The van der Waals surface area contributed by atoms with Gasteiger partial charge in [-0.1, -0.05) is 6.07 Å². The van der Waals surface area contributed by atoms with Gasteiger partial charge in [0.2, 0.25) is 0 Å². The fourth-order valence-electron chi connectivity index (χ4n) is 1.31. The zero-order chi connectivity index (χ0) is 10.8. The van der Waals surface area contributed by atoms with E-state index in [1.165, 1.54) is 11.8 Å².